The van der Waals surface area contributed by atoms with Crippen LogP contribution in [0.25, 0.3) is 0 Å². The molecule has 7 atom stereocenters. The van der Waals surface area contributed by atoms with Crippen molar-refractivity contribution in [2.45, 2.75) is 93.8 Å². The molecule has 2 saturated heterocycles. The van der Waals surface area contributed by atoms with Crippen LogP contribution in [0.2, 0.25) is 0 Å². The molecule has 4 aliphatic heterocycles. The van der Waals surface area contributed by atoms with Gasteiger partial charge in [-0.15, -0.1) is 11.8 Å². The monoisotopic (exact) mass is 529 g/mol. The second-order valence-corrected chi connectivity index (χ2v) is 13.1. The van der Waals surface area contributed by atoms with Crippen LogP contribution in [0.5, 0.6) is 0 Å². The number of hydrogen-bond donors (Lipinski definition) is 1. The summed E-state index contributed by atoms with van der Waals surface area (Å²) in [7, 11) is 0. The summed E-state index contributed by atoms with van der Waals surface area (Å²) in [6, 6.07) is -0.961. The van der Waals surface area contributed by atoms with Gasteiger partial charge < -0.3 is 19.8 Å². The molecule has 204 valence electrons. The summed E-state index contributed by atoms with van der Waals surface area (Å²) in [5, 5.41) is 10.4. The minimum atomic E-state index is -0.803. The van der Waals surface area contributed by atoms with Gasteiger partial charge in [-0.1, -0.05) is 70.8 Å². The Morgan fingerprint density at radius 1 is 1.05 bits per heavy atom. The lowest BCUT2D eigenvalue weighted by atomic mass is 9.78. The molecule has 7 nitrogen and oxygen atoms in total. The minimum Gasteiger partial charge on any atom is -0.394 e. The van der Waals surface area contributed by atoms with Crippen LogP contribution in [0.15, 0.2) is 24.3 Å². The van der Waals surface area contributed by atoms with E-state index < -0.39 is 28.7 Å². The van der Waals surface area contributed by atoms with Gasteiger partial charge in [-0.3, -0.25) is 14.4 Å². The first-order valence-electron chi connectivity index (χ1n) is 14.4. The Kier molecular flexibility index (Phi) is 7.79. The second kappa shape index (κ2) is 10.8. The lowest BCUT2D eigenvalue weighted by Crippen LogP contribution is -2.59. The van der Waals surface area contributed by atoms with Crippen LogP contribution in [-0.4, -0.2) is 91.9 Å². The zero-order valence-electron chi connectivity index (χ0n) is 22.6. The molecular weight excluding hydrogens is 486 g/mol. The highest BCUT2D eigenvalue weighted by Gasteiger charge is 2.72. The molecule has 3 amide bonds. The van der Waals surface area contributed by atoms with Crippen molar-refractivity contribution in [3.05, 3.63) is 24.3 Å². The molecule has 1 unspecified atom stereocenters. The Morgan fingerprint density at radius 3 is 2.49 bits per heavy atom. The van der Waals surface area contributed by atoms with Crippen LogP contribution in [0.1, 0.15) is 65.7 Å². The zero-order chi connectivity index (χ0) is 26.3. The van der Waals surface area contributed by atoms with Crippen LogP contribution in [0.4, 0.5) is 0 Å². The predicted octanol–water partition coefficient (Wildman–Crippen LogP) is 3.23. The fourth-order valence-corrected chi connectivity index (χ4v) is 9.50. The largest absolute Gasteiger partial charge is 0.394 e. The van der Waals surface area contributed by atoms with E-state index in [-0.39, 0.29) is 41.5 Å². The van der Waals surface area contributed by atoms with Crippen molar-refractivity contribution < 1.29 is 19.5 Å². The quantitative estimate of drug-likeness (QED) is 0.512. The molecule has 1 aliphatic carbocycles. The van der Waals surface area contributed by atoms with Crippen molar-refractivity contribution in [1.29, 1.82) is 0 Å². The second-order valence-electron chi connectivity index (χ2n) is 11.6. The average molecular weight is 530 g/mol. The van der Waals surface area contributed by atoms with Gasteiger partial charge in [0.2, 0.25) is 17.7 Å². The smallest absolute Gasteiger partial charge is 0.247 e. The number of nitrogens with zero attached hydrogens (tertiary/aromatic N) is 3. The third kappa shape index (κ3) is 4.26. The molecule has 0 aromatic heterocycles. The maximum atomic E-state index is 14.6. The number of amides is 3. The molecule has 0 aromatic rings. The lowest BCUT2D eigenvalue weighted by Gasteiger charge is -2.42. The molecule has 1 N–H and O–H groups in total. The van der Waals surface area contributed by atoms with Crippen LogP contribution in [0, 0.1) is 17.8 Å². The normalized spacial score (nSPS) is 35.8. The maximum absolute atomic E-state index is 14.6. The van der Waals surface area contributed by atoms with E-state index in [4.69, 9.17) is 0 Å². The van der Waals surface area contributed by atoms with Crippen molar-refractivity contribution in [2.75, 3.05) is 26.2 Å². The number of rotatable bonds is 7. The lowest BCUT2D eigenvalue weighted by molar-refractivity contribution is -0.149. The van der Waals surface area contributed by atoms with Gasteiger partial charge in [0.1, 0.15) is 6.04 Å². The number of thioether (sulfide) groups is 1. The van der Waals surface area contributed by atoms with Gasteiger partial charge in [-0.25, -0.2) is 0 Å². The summed E-state index contributed by atoms with van der Waals surface area (Å²) in [6.45, 7) is 7.75. The molecule has 5 aliphatic rings. The molecule has 4 heterocycles. The van der Waals surface area contributed by atoms with E-state index in [1.54, 1.807) is 16.7 Å². The molecule has 37 heavy (non-hydrogen) atoms. The van der Waals surface area contributed by atoms with Crippen molar-refractivity contribution in [3.8, 4) is 0 Å². The highest BCUT2D eigenvalue weighted by atomic mass is 32.2. The number of aliphatic hydroxyl groups excluding tert-OH is 1. The summed E-state index contributed by atoms with van der Waals surface area (Å²) in [5.74, 6) is -1.17. The fourth-order valence-electron chi connectivity index (χ4n) is 7.51. The SMILES string of the molecule is CCCN1CC=C[C@@H]2S[C@]34C=CCN(C5CCCCC5)C(=O)C3N([C@@H](CO)[C@@H](C)CC)C(=O)[C@@H]4[C@@H]2C1=O. The first-order chi connectivity index (χ1) is 17.9. The molecule has 0 bridgehead atoms. The van der Waals surface area contributed by atoms with E-state index in [1.165, 1.54) is 6.42 Å². The molecule has 0 radical (unpaired) electrons. The highest BCUT2D eigenvalue weighted by Crippen LogP contribution is 2.61. The first kappa shape index (κ1) is 26.8. The number of hydrogen-bond acceptors (Lipinski definition) is 5. The van der Waals surface area contributed by atoms with Crippen molar-refractivity contribution in [2.24, 2.45) is 17.8 Å². The van der Waals surface area contributed by atoms with E-state index >= 15 is 0 Å². The van der Waals surface area contributed by atoms with Gasteiger partial charge in [-0.05, 0) is 25.2 Å². The van der Waals surface area contributed by atoms with Gasteiger partial charge in [0.25, 0.3) is 0 Å². The Labute approximate surface area is 225 Å². The van der Waals surface area contributed by atoms with E-state index in [0.717, 1.165) is 38.5 Å². The molecular formula is C29H43N3O4S. The number of carbonyl (C=O) groups is 3. The Hall–Kier alpha value is -1.80. The van der Waals surface area contributed by atoms with Gasteiger partial charge in [0.05, 0.1) is 29.2 Å². The molecule has 1 saturated carbocycles. The summed E-state index contributed by atoms with van der Waals surface area (Å²) >= 11 is 1.64. The van der Waals surface area contributed by atoms with Crippen LogP contribution in [-0.2, 0) is 14.4 Å². The summed E-state index contributed by atoms with van der Waals surface area (Å²) in [4.78, 5) is 48.6. The molecule has 3 fully saturated rings. The number of fused-ring (bicyclic) bond motifs is 2. The van der Waals surface area contributed by atoms with Gasteiger partial charge >= 0.3 is 0 Å². The number of aliphatic hydroxyl groups is 1. The molecule has 5 rings (SSSR count). The van der Waals surface area contributed by atoms with E-state index in [9.17, 15) is 19.5 Å². The maximum Gasteiger partial charge on any atom is 0.247 e. The molecule has 1 spiro atoms. The number of likely N-dealkylation sites (tertiary alicyclic amines) is 1. The van der Waals surface area contributed by atoms with Crippen LogP contribution >= 0.6 is 11.8 Å². The third-order valence-corrected chi connectivity index (χ3v) is 11.3. The van der Waals surface area contributed by atoms with Gasteiger partial charge in [-0.2, -0.15) is 0 Å². The van der Waals surface area contributed by atoms with Crippen molar-refractivity contribution in [3.63, 3.8) is 0 Å². The van der Waals surface area contributed by atoms with E-state index in [1.807, 2.05) is 16.7 Å². The Bertz CT molecular complexity index is 963. The van der Waals surface area contributed by atoms with E-state index in [0.29, 0.717) is 19.6 Å². The summed E-state index contributed by atoms with van der Waals surface area (Å²) < 4.78 is -0.803. The molecule has 0 aromatic carbocycles. The minimum absolute atomic E-state index is 0.000283. The van der Waals surface area contributed by atoms with Crippen LogP contribution < -0.4 is 0 Å². The van der Waals surface area contributed by atoms with E-state index in [2.05, 4.69) is 38.2 Å². The Balaban J connectivity index is 1.61. The Morgan fingerprint density at radius 2 is 1.81 bits per heavy atom. The predicted molar refractivity (Wildman–Crippen MR) is 146 cm³/mol. The topological polar surface area (TPSA) is 81.2 Å². The zero-order valence-corrected chi connectivity index (χ0v) is 23.4. The number of carbonyl (C=O) groups excluding carboxylic acids is 3. The van der Waals surface area contributed by atoms with Crippen molar-refractivity contribution in [1.82, 2.24) is 14.7 Å². The van der Waals surface area contributed by atoms with Gasteiger partial charge in [0.15, 0.2) is 0 Å². The highest BCUT2D eigenvalue weighted by molar-refractivity contribution is 8.02. The summed E-state index contributed by atoms with van der Waals surface area (Å²) in [5.41, 5.74) is 0. The fraction of sp³-hybridized carbons (Fsp3) is 0.759. The van der Waals surface area contributed by atoms with Gasteiger partial charge in [0, 0.05) is 30.9 Å². The van der Waals surface area contributed by atoms with Crippen LogP contribution in [0.3, 0.4) is 0 Å². The average Bonchev–Trinajstić information content (AvgIpc) is 3.22. The molecule has 8 heteroatoms. The van der Waals surface area contributed by atoms with Crippen molar-refractivity contribution >= 4 is 29.5 Å². The standard InChI is InChI=1S/C29H43N3O4S/c1-4-15-30-16-9-13-22-23(26(30)34)24-27(35)32(21(18-33)19(3)5-2)25-28(36)31(20-11-7-6-8-12-20)17-10-14-29(24,25)37-22/h9-10,13-14,19-25,33H,4-8,11-12,15-18H2,1-3H3/t19-,21-,22-,23+,24-,25?,29-/m0/s1. The first-order valence-corrected chi connectivity index (χ1v) is 15.3. The third-order valence-electron chi connectivity index (χ3n) is 9.57. The summed E-state index contributed by atoms with van der Waals surface area (Å²) in [6.07, 6.45) is 15.5.